The minimum Gasteiger partial charge on any atom is -0.484 e. The lowest BCUT2D eigenvalue weighted by molar-refractivity contribution is -0.123. The van der Waals surface area contributed by atoms with E-state index in [4.69, 9.17) is 44.3 Å². The van der Waals surface area contributed by atoms with Crippen molar-refractivity contribution in [1.82, 2.24) is 5.43 Å². The number of amides is 1. The molecule has 0 atom stereocenters. The zero-order valence-corrected chi connectivity index (χ0v) is 20.3. The van der Waals surface area contributed by atoms with Gasteiger partial charge < -0.3 is 9.47 Å². The molecular weight excluding hydrogens is 511 g/mol. The molecule has 0 bridgehead atoms. The van der Waals surface area contributed by atoms with E-state index < -0.39 is 11.9 Å². The van der Waals surface area contributed by atoms with E-state index in [1.807, 2.05) is 30.3 Å². The second-order valence-electron chi connectivity index (χ2n) is 7.25. The molecule has 0 aromatic heterocycles. The molecule has 4 aromatic rings. The van der Waals surface area contributed by atoms with Gasteiger partial charge in [0.2, 0.25) is 0 Å². The Balaban J connectivity index is 1.52. The van der Waals surface area contributed by atoms with Crippen LogP contribution in [0.25, 0.3) is 10.8 Å². The summed E-state index contributed by atoms with van der Waals surface area (Å²) < 4.78 is 11.0. The van der Waals surface area contributed by atoms with Gasteiger partial charge in [-0.25, -0.2) is 10.2 Å². The molecule has 176 valence electrons. The summed E-state index contributed by atoms with van der Waals surface area (Å²) in [6.07, 6.45) is 1.41. The number of hydrogen-bond donors (Lipinski definition) is 1. The Kier molecular flexibility index (Phi) is 7.87. The van der Waals surface area contributed by atoms with Gasteiger partial charge in [0.15, 0.2) is 6.61 Å². The quantitative estimate of drug-likeness (QED) is 0.128. The number of esters is 1. The van der Waals surface area contributed by atoms with Crippen LogP contribution in [0.15, 0.2) is 84.0 Å². The minimum atomic E-state index is -0.656. The van der Waals surface area contributed by atoms with Crippen LogP contribution in [-0.4, -0.2) is 24.7 Å². The summed E-state index contributed by atoms with van der Waals surface area (Å²) in [5, 5.41) is 6.84. The molecule has 0 radical (unpaired) electrons. The van der Waals surface area contributed by atoms with Crippen LogP contribution in [0.1, 0.15) is 15.9 Å². The summed E-state index contributed by atoms with van der Waals surface area (Å²) >= 11 is 17.9. The summed E-state index contributed by atoms with van der Waals surface area (Å²) in [6, 6.07) is 22.1. The third-order valence-electron chi connectivity index (χ3n) is 4.85. The fraction of sp³-hybridized carbons (Fsp3) is 0.0385. The Labute approximate surface area is 216 Å². The van der Waals surface area contributed by atoms with Crippen molar-refractivity contribution < 1.29 is 19.1 Å². The lowest BCUT2D eigenvalue weighted by Crippen LogP contribution is -2.24. The first-order valence-corrected chi connectivity index (χ1v) is 11.4. The number of hydrogen-bond acceptors (Lipinski definition) is 5. The van der Waals surface area contributed by atoms with E-state index in [2.05, 4.69) is 10.5 Å². The zero-order valence-electron chi connectivity index (χ0n) is 18.0. The van der Waals surface area contributed by atoms with Crippen molar-refractivity contribution in [2.24, 2.45) is 5.10 Å². The van der Waals surface area contributed by atoms with E-state index in [1.54, 1.807) is 36.4 Å². The second kappa shape index (κ2) is 11.2. The summed E-state index contributed by atoms with van der Waals surface area (Å²) in [5.41, 5.74) is 3.08. The first kappa shape index (κ1) is 24.5. The Morgan fingerprint density at radius 1 is 0.886 bits per heavy atom. The largest absolute Gasteiger partial charge is 0.484 e. The summed E-state index contributed by atoms with van der Waals surface area (Å²) in [4.78, 5) is 24.9. The third kappa shape index (κ3) is 6.31. The molecule has 0 unspecified atom stereocenters. The molecule has 0 spiro atoms. The van der Waals surface area contributed by atoms with Crippen molar-refractivity contribution in [3.05, 3.63) is 105 Å². The van der Waals surface area contributed by atoms with Gasteiger partial charge in [0, 0.05) is 15.6 Å². The lowest BCUT2D eigenvalue weighted by Gasteiger charge is -2.11. The van der Waals surface area contributed by atoms with Crippen LogP contribution in [0.5, 0.6) is 11.5 Å². The van der Waals surface area contributed by atoms with Crippen molar-refractivity contribution in [3.8, 4) is 11.5 Å². The van der Waals surface area contributed by atoms with Crippen LogP contribution in [0, 0.1) is 0 Å². The molecule has 4 aromatic carbocycles. The van der Waals surface area contributed by atoms with Gasteiger partial charge in [-0.05, 0) is 59.3 Å². The molecule has 0 aliphatic rings. The standard InChI is InChI=1S/C26H17Cl3N2O4/c27-17-6-9-19(10-7-17)34-15-25(32)31-30-14-22-20-4-2-1-3-16(20)5-12-24(22)35-26(33)21-11-8-18(28)13-23(21)29/h1-14H,15H2,(H,31,32)/b30-14+. The Morgan fingerprint density at radius 3 is 2.40 bits per heavy atom. The first-order chi connectivity index (χ1) is 16.9. The van der Waals surface area contributed by atoms with Gasteiger partial charge in [-0.15, -0.1) is 0 Å². The van der Waals surface area contributed by atoms with E-state index in [0.29, 0.717) is 21.4 Å². The molecule has 0 aliphatic heterocycles. The van der Waals surface area contributed by atoms with Gasteiger partial charge >= 0.3 is 5.97 Å². The van der Waals surface area contributed by atoms with Crippen LogP contribution in [0.3, 0.4) is 0 Å². The van der Waals surface area contributed by atoms with Crippen LogP contribution < -0.4 is 14.9 Å². The number of carbonyl (C=O) groups is 2. The topological polar surface area (TPSA) is 77.0 Å². The van der Waals surface area contributed by atoms with Gasteiger partial charge in [-0.1, -0.05) is 65.1 Å². The number of carbonyl (C=O) groups excluding carboxylic acids is 2. The normalized spacial score (nSPS) is 10.9. The van der Waals surface area contributed by atoms with Gasteiger partial charge in [-0.2, -0.15) is 5.10 Å². The minimum absolute atomic E-state index is 0.166. The molecule has 0 aliphatic carbocycles. The summed E-state index contributed by atoms with van der Waals surface area (Å²) in [5.74, 6) is -0.382. The maximum atomic E-state index is 12.8. The van der Waals surface area contributed by atoms with Crippen molar-refractivity contribution in [1.29, 1.82) is 0 Å². The molecule has 0 fully saturated rings. The number of benzene rings is 4. The van der Waals surface area contributed by atoms with Gasteiger partial charge in [0.1, 0.15) is 11.5 Å². The van der Waals surface area contributed by atoms with E-state index in [9.17, 15) is 9.59 Å². The van der Waals surface area contributed by atoms with E-state index in [1.165, 1.54) is 18.3 Å². The molecule has 6 nitrogen and oxygen atoms in total. The predicted molar refractivity (Wildman–Crippen MR) is 138 cm³/mol. The molecule has 1 amide bonds. The molecule has 9 heteroatoms. The van der Waals surface area contributed by atoms with Crippen molar-refractivity contribution in [3.63, 3.8) is 0 Å². The smallest absolute Gasteiger partial charge is 0.345 e. The maximum Gasteiger partial charge on any atom is 0.345 e. The number of fused-ring (bicyclic) bond motifs is 1. The highest BCUT2D eigenvalue weighted by molar-refractivity contribution is 6.36. The molecule has 0 heterocycles. The second-order valence-corrected chi connectivity index (χ2v) is 8.53. The monoisotopic (exact) mass is 526 g/mol. The Hall–Kier alpha value is -3.58. The molecule has 1 N–H and O–H groups in total. The third-order valence-corrected chi connectivity index (χ3v) is 5.65. The van der Waals surface area contributed by atoms with Gasteiger partial charge in [-0.3, -0.25) is 4.79 Å². The van der Waals surface area contributed by atoms with E-state index in [-0.39, 0.29) is 22.9 Å². The number of ether oxygens (including phenoxy) is 2. The van der Waals surface area contributed by atoms with Gasteiger partial charge in [0.05, 0.1) is 16.8 Å². The van der Waals surface area contributed by atoms with Gasteiger partial charge in [0.25, 0.3) is 5.91 Å². The number of halogens is 3. The number of nitrogens with one attached hydrogen (secondary N) is 1. The number of nitrogens with zero attached hydrogens (tertiary/aromatic N) is 1. The molecule has 0 saturated heterocycles. The fourth-order valence-corrected chi connectivity index (χ4v) is 3.80. The van der Waals surface area contributed by atoms with E-state index in [0.717, 1.165) is 10.8 Å². The highest BCUT2D eigenvalue weighted by atomic mass is 35.5. The van der Waals surface area contributed by atoms with Crippen LogP contribution in [-0.2, 0) is 4.79 Å². The highest BCUT2D eigenvalue weighted by Gasteiger charge is 2.16. The lowest BCUT2D eigenvalue weighted by atomic mass is 10.0. The fourth-order valence-electron chi connectivity index (χ4n) is 3.19. The first-order valence-electron chi connectivity index (χ1n) is 10.3. The van der Waals surface area contributed by atoms with Crippen molar-refractivity contribution >= 4 is 63.7 Å². The van der Waals surface area contributed by atoms with E-state index >= 15 is 0 Å². The highest BCUT2D eigenvalue weighted by Crippen LogP contribution is 2.29. The Bertz CT molecular complexity index is 1420. The SMILES string of the molecule is O=C(COc1ccc(Cl)cc1)N/N=C/c1c(OC(=O)c2ccc(Cl)cc2Cl)ccc2ccccc12. The molecule has 35 heavy (non-hydrogen) atoms. The van der Waals surface area contributed by atoms with Crippen molar-refractivity contribution in [2.45, 2.75) is 0 Å². The zero-order chi connectivity index (χ0) is 24.8. The summed E-state index contributed by atoms with van der Waals surface area (Å²) in [7, 11) is 0. The number of hydrazone groups is 1. The van der Waals surface area contributed by atoms with Crippen LogP contribution in [0.2, 0.25) is 15.1 Å². The maximum absolute atomic E-state index is 12.8. The van der Waals surface area contributed by atoms with Crippen LogP contribution in [0.4, 0.5) is 0 Å². The van der Waals surface area contributed by atoms with Crippen LogP contribution >= 0.6 is 34.8 Å². The summed E-state index contributed by atoms with van der Waals surface area (Å²) in [6.45, 7) is -0.245. The average Bonchev–Trinajstić information content (AvgIpc) is 2.84. The predicted octanol–water partition coefficient (Wildman–Crippen LogP) is 6.55. The molecule has 0 saturated carbocycles. The average molecular weight is 528 g/mol. The Morgan fingerprint density at radius 2 is 1.63 bits per heavy atom. The molecular formula is C26H17Cl3N2O4. The molecule has 4 rings (SSSR count). The van der Waals surface area contributed by atoms with Crippen molar-refractivity contribution in [2.75, 3.05) is 6.61 Å². The number of rotatable bonds is 7.